The molecule has 0 saturated heterocycles. The fraction of sp³-hybridized carbons (Fsp3) is 0.467. The Kier molecular flexibility index (Phi) is 9.40. The SMILES string of the molecule is C.C.COc1ccc(C#CCC(C)C)cc1. The van der Waals surface area contributed by atoms with Crippen LogP contribution in [0.15, 0.2) is 24.3 Å². The van der Waals surface area contributed by atoms with Gasteiger partial charge in [0.25, 0.3) is 0 Å². The van der Waals surface area contributed by atoms with E-state index in [1.54, 1.807) is 7.11 Å². The summed E-state index contributed by atoms with van der Waals surface area (Å²) in [7, 11) is 1.67. The van der Waals surface area contributed by atoms with Gasteiger partial charge in [0.15, 0.2) is 0 Å². The van der Waals surface area contributed by atoms with Crippen molar-refractivity contribution in [2.45, 2.75) is 35.1 Å². The lowest BCUT2D eigenvalue weighted by molar-refractivity contribution is 0.415. The molecule has 0 spiro atoms. The second-order valence-electron chi connectivity index (χ2n) is 3.63. The molecule has 1 nitrogen and oxygen atoms in total. The minimum Gasteiger partial charge on any atom is -0.497 e. The molecule has 16 heavy (non-hydrogen) atoms. The van der Waals surface area contributed by atoms with Crippen LogP contribution in [0.5, 0.6) is 5.75 Å². The van der Waals surface area contributed by atoms with Crippen molar-refractivity contribution in [2.24, 2.45) is 5.92 Å². The van der Waals surface area contributed by atoms with Crippen molar-refractivity contribution in [3.8, 4) is 17.6 Å². The number of hydrogen-bond donors (Lipinski definition) is 0. The Labute approximate surface area is 101 Å². The van der Waals surface area contributed by atoms with Gasteiger partial charge in [-0.2, -0.15) is 0 Å². The molecule has 0 N–H and O–H groups in total. The number of methoxy groups -OCH3 is 1. The number of benzene rings is 1. The van der Waals surface area contributed by atoms with Crippen LogP contribution in [-0.4, -0.2) is 7.11 Å². The van der Waals surface area contributed by atoms with E-state index >= 15 is 0 Å². The maximum atomic E-state index is 5.06. The van der Waals surface area contributed by atoms with Crippen LogP contribution in [-0.2, 0) is 0 Å². The van der Waals surface area contributed by atoms with Crippen LogP contribution < -0.4 is 4.74 Å². The van der Waals surface area contributed by atoms with Crippen molar-refractivity contribution in [2.75, 3.05) is 7.11 Å². The third-order valence-corrected chi connectivity index (χ3v) is 1.83. The van der Waals surface area contributed by atoms with E-state index < -0.39 is 0 Å². The molecule has 0 saturated carbocycles. The maximum Gasteiger partial charge on any atom is 0.118 e. The lowest BCUT2D eigenvalue weighted by atomic mass is 10.1. The predicted molar refractivity (Wildman–Crippen MR) is 72.8 cm³/mol. The van der Waals surface area contributed by atoms with Gasteiger partial charge in [-0.25, -0.2) is 0 Å². The largest absolute Gasteiger partial charge is 0.497 e. The fourth-order valence-electron chi connectivity index (χ4n) is 1.03. The van der Waals surface area contributed by atoms with Gasteiger partial charge >= 0.3 is 0 Å². The molecular weight excluding hydrogens is 196 g/mol. The molecule has 1 aromatic rings. The van der Waals surface area contributed by atoms with Gasteiger partial charge in [0.2, 0.25) is 0 Å². The predicted octanol–water partition coefficient (Wildman–Crippen LogP) is 4.37. The van der Waals surface area contributed by atoms with Crippen molar-refractivity contribution in [1.29, 1.82) is 0 Å². The monoisotopic (exact) mass is 220 g/mol. The van der Waals surface area contributed by atoms with E-state index in [4.69, 9.17) is 4.74 Å². The van der Waals surface area contributed by atoms with Crippen molar-refractivity contribution < 1.29 is 4.74 Å². The van der Waals surface area contributed by atoms with Crippen LogP contribution in [0.2, 0.25) is 0 Å². The summed E-state index contributed by atoms with van der Waals surface area (Å²) in [5, 5.41) is 0. The van der Waals surface area contributed by atoms with Crippen LogP contribution in [0.25, 0.3) is 0 Å². The molecule has 0 fully saturated rings. The van der Waals surface area contributed by atoms with Gasteiger partial charge in [0.05, 0.1) is 7.11 Å². The van der Waals surface area contributed by atoms with Crippen LogP contribution >= 0.6 is 0 Å². The molecule has 90 valence electrons. The second kappa shape index (κ2) is 8.85. The van der Waals surface area contributed by atoms with Crippen molar-refractivity contribution in [3.63, 3.8) is 0 Å². The van der Waals surface area contributed by atoms with Gasteiger partial charge in [0, 0.05) is 12.0 Å². The Balaban J connectivity index is 0. The molecule has 0 heterocycles. The molecule has 1 heteroatoms. The minimum atomic E-state index is 0. The highest BCUT2D eigenvalue weighted by Crippen LogP contribution is 2.10. The summed E-state index contributed by atoms with van der Waals surface area (Å²) in [5.74, 6) is 7.78. The van der Waals surface area contributed by atoms with Crippen LogP contribution in [0.4, 0.5) is 0 Å². The highest BCUT2D eigenvalue weighted by atomic mass is 16.5. The first-order valence-corrected chi connectivity index (χ1v) is 4.85. The summed E-state index contributed by atoms with van der Waals surface area (Å²) in [5.41, 5.74) is 1.05. The first kappa shape index (κ1) is 17.0. The zero-order valence-corrected chi connectivity index (χ0v) is 9.00. The fourth-order valence-corrected chi connectivity index (χ4v) is 1.03. The zero-order chi connectivity index (χ0) is 10.4. The van der Waals surface area contributed by atoms with Gasteiger partial charge in [-0.3, -0.25) is 0 Å². The van der Waals surface area contributed by atoms with E-state index in [0.717, 1.165) is 17.7 Å². The van der Waals surface area contributed by atoms with Crippen molar-refractivity contribution in [1.82, 2.24) is 0 Å². The van der Waals surface area contributed by atoms with E-state index in [-0.39, 0.29) is 14.9 Å². The van der Waals surface area contributed by atoms with E-state index in [1.807, 2.05) is 24.3 Å². The van der Waals surface area contributed by atoms with Gasteiger partial charge in [-0.05, 0) is 30.2 Å². The average Bonchev–Trinajstić information content (AvgIpc) is 2.18. The van der Waals surface area contributed by atoms with Crippen LogP contribution in [0.3, 0.4) is 0 Å². The second-order valence-corrected chi connectivity index (χ2v) is 3.63. The van der Waals surface area contributed by atoms with Gasteiger partial charge < -0.3 is 4.74 Å². The normalized spacial score (nSPS) is 8.25. The molecule has 0 atom stereocenters. The molecule has 0 radical (unpaired) electrons. The first-order valence-electron chi connectivity index (χ1n) is 4.85. The van der Waals surface area contributed by atoms with Crippen LogP contribution in [0, 0.1) is 17.8 Å². The third kappa shape index (κ3) is 6.14. The Bertz CT molecular complexity index is 325. The summed E-state index contributed by atoms with van der Waals surface area (Å²) in [6.45, 7) is 4.34. The standard InChI is InChI=1S/C13H16O.2CH4/c1-11(2)5-4-6-12-7-9-13(14-3)10-8-12;;/h7-11H,5H2,1-3H3;2*1H4. The Morgan fingerprint density at radius 2 is 1.69 bits per heavy atom. The van der Waals surface area contributed by atoms with Crippen LogP contribution in [0.1, 0.15) is 40.7 Å². The average molecular weight is 220 g/mol. The Hall–Kier alpha value is -1.42. The third-order valence-electron chi connectivity index (χ3n) is 1.83. The number of rotatable bonds is 2. The molecule has 0 amide bonds. The molecule has 0 aliphatic rings. The quantitative estimate of drug-likeness (QED) is 0.673. The van der Waals surface area contributed by atoms with Gasteiger partial charge in [-0.1, -0.05) is 40.5 Å². The topological polar surface area (TPSA) is 9.23 Å². The molecule has 1 aromatic carbocycles. The van der Waals surface area contributed by atoms with Crippen molar-refractivity contribution in [3.05, 3.63) is 29.8 Å². The molecule has 0 bridgehead atoms. The van der Waals surface area contributed by atoms with E-state index in [0.29, 0.717) is 5.92 Å². The highest BCUT2D eigenvalue weighted by Gasteiger charge is 1.90. The Morgan fingerprint density at radius 3 is 2.12 bits per heavy atom. The molecule has 0 aliphatic heterocycles. The maximum absolute atomic E-state index is 5.06. The van der Waals surface area contributed by atoms with E-state index in [9.17, 15) is 0 Å². The van der Waals surface area contributed by atoms with Crippen molar-refractivity contribution >= 4 is 0 Å². The van der Waals surface area contributed by atoms with E-state index in [1.165, 1.54) is 0 Å². The lowest BCUT2D eigenvalue weighted by Crippen LogP contribution is -1.83. The summed E-state index contributed by atoms with van der Waals surface area (Å²) >= 11 is 0. The molecule has 1 rings (SSSR count). The summed E-state index contributed by atoms with van der Waals surface area (Å²) in [6.07, 6.45) is 0.950. The smallest absolute Gasteiger partial charge is 0.118 e. The number of hydrogen-bond acceptors (Lipinski definition) is 1. The minimum absolute atomic E-state index is 0. The molecule has 0 aliphatic carbocycles. The molecule has 0 aromatic heterocycles. The van der Waals surface area contributed by atoms with E-state index in [2.05, 4.69) is 25.7 Å². The number of ether oxygens (including phenoxy) is 1. The summed E-state index contributed by atoms with van der Waals surface area (Å²) in [6, 6.07) is 7.82. The first-order chi connectivity index (χ1) is 6.72. The highest BCUT2D eigenvalue weighted by molar-refractivity contribution is 5.38. The lowest BCUT2D eigenvalue weighted by Gasteiger charge is -1.97. The molecular formula is C15H24O. The van der Waals surface area contributed by atoms with Gasteiger partial charge in [-0.15, -0.1) is 0 Å². The van der Waals surface area contributed by atoms with Gasteiger partial charge in [0.1, 0.15) is 5.75 Å². The summed E-state index contributed by atoms with van der Waals surface area (Å²) < 4.78 is 5.06. The summed E-state index contributed by atoms with van der Waals surface area (Å²) in [4.78, 5) is 0. The molecule has 0 unspecified atom stereocenters. The Morgan fingerprint density at radius 1 is 1.12 bits per heavy atom. The zero-order valence-electron chi connectivity index (χ0n) is 9.00.